The number of amides is 2. The fraction of sp³-hybridized carbons (Fsp3) is 0.467. The molecule has 1 rings (SSSR count). The lowest BCUT2D eigenvalue weighted by Gasteiger charge is -2.23. The lowest BCUT2D eigenvalue weighted by atomic mass is 10.2. The Bertz CT molecular complexity index is 474. The number of nitrogens with one attached hydrogen (secondary N) is 1. The molecule has 0 spiro atoms. The van der Waals surface area contributed by atoms with Crippen LogP contribution in [0.5, 0.6) is 0 Å². The van der Waals surface area contributed by atoms with E-state index in [0.717, 1.165) is 6.54 Å². The van der Waals surface area contributed by atoms with Crippen molar-refractivity contribution in [2.45, 2.75) is 6.92 Å². The van der Waals surface area contributed by atoms with Crippen molar-refractivity contribution in [3.05, 3.63) is 34.9 Å². The molecule has 0 heterocycles. The Labute approximate surface area is 130 Å². The summed E-state index contributed by atoms with van der Waals surface area (Å²) in [6.45, 7) is 3.91. The van der Waals surface area contributed by atoms with Crippen molar-refractivity contribution < 1.29 is 9.59 Å². The van der Waals surface area contributed by atoms with Gasteiger partial charge in [-0.1, -0.05) is 11.6 Å². The molecule has 0 aliphatic rings. The van der Waals surface area contributed by atoms with Crippen LogP contribution < -0.4 is 5.32 Å². The van der Waals surface area contributed by atoms with E-state index >= 15 is 0 Å². The molecule has 0 unspecified atom stereocenters. The van der Waals surface area contributed by atoms with E-state index in [4.69, 9.17) is 11.6 Å². The fourth-order valence-corrected chi connectivity index (χ4v) is 1.88. The molecule has 1 aromatic carbocycles. The van der Waals surface area contributed by atoms with E-state index in [9.17, 15) is 9.59 Å². The molecule has 0 saturated heterocycles. The van der Waals surface area contributed by atoms with Gasteiger partial charge in [0.1, 0.15) is 0 Å². The Hall–Kier alpha value is -1.59. The van der Waals surface area contributed by atoms with E-state index in [1.165, 1.54) is 6.92 Å². The van der Waals surface area contributed by atoms with Gasteiger partial charge in [0, 0.05) is 43.7 Å². The first-order valence-electron chi connectivity index (χ1n) is 6.84. The van der Waals surface area contributed by atoms with E-state index in [-0.39, 0.29) is 11.8 Å². The smallest absolute Gasteiger partial charge is 0.251 e. The fourth-order valence-electron chi connectivity index (χ4n) is 1.76. The minimum absolute atomic E-state index is 0.0117. The SMILES string of the molecule is CC(=O)N(CCNC(=O)c1ccc(Cl)cc1)CCN(C)C. The predicted molar refractivity (Wildman–Crippen MR) is 84.6 cm³/mol. The zero-order valence-electron chi connectivity index (χ0n) is 12.7. The van der Waals surface area contributed by atoms with Gasteiger partial charge in [-0.2, -0.15) is 0 Å². The van der Waals surface area contributed by atoms with Gasteiger partial charge in [-0.3, -0.25) is 9.59 Å². The van der Waals surface area contributed by atoms with Crippen LogP contribution in [-0.2, 0) is 4.79 Å². The summed E-state index contributed by atoms with van der Waals surface area (Å²) in [5, 5.41) is 3.40. The molecule has 0 saturated carbocycles. The Morgan fingerprint density at radius 3 is 2.24 bits per heavy atom. The minimum Gasteiger partial charge on any atom is -0.350 e. The molecule has 2 amide bonds. The summed E-state index contributed by atoms with van der Waals surface area (Å²) in [5.74, 6) is -0.152. The Balaban J connectivity index is 2.41. The van der Waals surface area contributed by atoms with Gasteiger partial charge >= 0.3 is 0 Å². The van der Waals surface area contributed by atoms with Crippen LogP contribution in [0.15, 0.2) is 24.3 Å². The number of rotatable bonds is 7. The van der Waals surface area contributed by atoms with Gasteiger partial charge < -0.3 is 15.1 Å². The molecule has 1 aromatic rings. The lowest BCUT2D eigenvalue weighted by Crippen LogP contribution is -2.40. The van der Waals surface area contributed by atoms with E-state index in [1.807, 2.05) is 19.0 Å². The highest BCUT2D eigenvalue weighted by atomic mass is 35.5. The van der Waals surface area contributed by atoms with Gasteiger partial charge in [0.2, 0.25) is 5.91 Å². The molecule has 0 aliphatic heterocycles. The zero-order chi connectivity index (χ0) is 15.8. The van der Waals surface area contributed by atoms with Crippen LogP contribution in [0, 0.1) is 0 Å². The maximum absolute atomic E-state index is 11.9. The third-order valence-electron chi connectivity index (χ3n) is 3.04. The molecular formula is C15H22ClN3O2. The predicted octanol–water partition coefficient (Wildman–Crippen LogP) is 1.48. The number of nitrogens with zero attached hydrogens (tertiary/aromatic N) is 2. The summed E-state index contributed by atoms with van der Waals surface area (Å²) in [5.41, 5.74) is 0.557. The molecule has 1 N–H and O–H groups in total. The van der Waals surface area contributed by atoms with Crippen LogP contribution >= 0.6 is 11.6 Å². The average molecular weight is 312 g/mol. The maximum Gasteiger partial charge on any atom is 0.251 e. The van der Waals surface area contributed by atoms with Crippen LogP contribution in [0.25, 0.3) is 0 Å². The van der Waals surface area contributed by atoms with E-state index in [0.29, 0.717) is 30.2 Å². The molecule has 116 valence electrons. The van der Waals surface area contributed by atoms with Crippen molar-refractivity contribution in [2.24, 2.45) is 0 Å². The van der Waals surface area contributed by atoms with E-state index < -0.39 is 0 Å². The van der Waals surface area contributed by atoms with Gasteiger partial charge in [0.25, 0.3) is 5.91 Å². The van der Waals surface area contributed by atoms with Crippen LogP contribution in [0.2, 0.25) is 5.02 Å². The molecule has 0 bridgehead atoms. The molecule has 0 aromatic heterocycles. The summed E-state index contributed by atoms with van der Waals surface area (Å²) in [6.07, 6.45) is 0. The monoisotopic (exact) mass is 311 g/mol. The first kappa shape index (κ1) is 17.5. The number of likely N-dealkylation sites (N-methyl/N-ethyl adjacent to an activating group) is 1. The van der Waals surface area contributed by atoms with Gasteiger partial charge in [-0.15, -0.1) is 0 Å². The van der Waals surface area contributed by atoms with Crippen LogP contribution in [-0.4, -0.2) is 61.9 Å². The van der Waals surface area contributed by atoms with E-state index in [1.54, 1.807) is 29.2 Å². The van der Waals surface area contributed by atoms with Crippen LogP contribution in [0.1, 0.15) is 17.3 Å². The Kier molecular flexibility index (Phi) is 7.19. The average Bonchev–Trinajstić information content (AvgIpc) is 2.42. The van der Waals surface area contributed by atoms with Crippen molar-refractivity contribution in [3.63, 3.8) is 0 Å². The first-order valence-corrected chi connectivity index (χ1v) is 7.22. The number of hydrogen-bond donors (Lipinski definition) is 1. The first-order chi connectivity index (χ1) is 9.90. The normalized spacial score (nSPS) is 10.5. The Morgan fingerprint density at radius 1 is 1.10 bits per heavy atom. The second-order valence-corrected chi connectivity index (χ2v) is 5.51. The van der Waals surface area contributed by atoms with Gasteiger partial charge in [-0.05, 0) is 38.4 Å². The van der Waals surface area contributed by atoms with Gasteiger partial charge in [0.05, 0.1) is 0 Å². The van der Waals surface area contributed by atoms with Gasteiger partial charge in [0.15, 0.2) is 0 Å². The zero-order valence-corrected chi connectivity index (χ0v) is 13.5. The maximum atomic E-state index is 11.9. The molecule has 0 atom stereocenters. The highest BCUT2D eigenvalue weighted by Crippen LogP contribution is 2.09. The van der Waals surface area contributed by atoms with Crippen molar-refractivity contribution in [1.29, 1.82) is 0 Å². The number of halogens is 1. The highest BCUT2D eigenvalue weighted by Gasteiger charge is 2.10. The third-order valence-corrected chi connectivity index (χ3v) is 3.29. The van der Waals surface area contributed by atoms with Crippen molar-refractivity contribution in [1.82, 2.24) is 15.1 Å². The molecule has 0 aliphatic carbocycles. The molecule has 6 heteroatoms. The van der Waals surface area contributed by atoms with E-state index in [2.05, 4.69) is 5.32 Å². The quantitative estimate of drug-likeness (QED) is 0.830. The molecular weight excluding hydrogens is 290 g/mol. The number of benzene rings is 1. The van der Waals surface area contributed by atoms with Crippen LogP contribution in [0.3, 0.4) is 0 Å². The largest absolute Gasteiger partial charge is 0.350 e. The topological polar surface area (TPSA) is 52.7 Å². The second kappa shape index (κ2) is 8.64. The Morgan fingerprint density at radius 2 is 1.71 bits per heavy atom. The summed E-state index contributed by atoms with van der Waals surface area (Å²) < 4.78 is 0. The summed E-state index contributed by atoms with van der Waals surface area (Å²) in [7, 11) is 3.92. The summed E-state index contributed by atoms with van der Waals surface area (Å²) in [4.78, 5) is 27.2. The van der Waals surface area contributed by atoms with Crippen molar-refractivity contribution in [2.75, 3.05) is 40.3 Å². The minimum atomic E-state index is -0.164. The molecule has 5 nitrogen and oxygen atoms in total. The molecule has 21 heavy (non-hydrogen) atoms. The summed E-state index contributed by atoms with van der Waals surface area (Å²) in [6, 6.07) is 6.70. The number of carbonyl (C=O) groups excluding carboxylic acids is 2. The highest BCUT2D eigenvalue weighted by molar-refractivity contribution is 6.30. The molecule has 0 fully saturated rings. The van der Waals surface area contributed by atoms with Gasteiger partial charge in [-0.25, -0.2) is 0 Å². The van der Waals surface area contributed by atoms with Crippen LogP contribution in [0.4, 0.5) is 0 Å². The number of hydrogen-bond acceptors (Lipinski definition) is 3. The second-order valence-electron chi connectivity index (χ2n) is 5.07. The standard InChI is InChI=1S/C15H22ClN3O2/c1-12(20)19(11-10-18(2)3)9-8-17-15(21)13-4-6-14(16)7-5-13/h4-7H,8-11H2,1-3H3,(H,17,21). The molecule has 0 radical (unpaired) electrons. The lowest BCUT2D eigenvalue weighted by molar-refractivity contribution is -0.128. The van der Waals surface area contributed by atoms with Crippen molar-refractivity contribution >= 4 is 23.4 Å². The number of carbonyl (C=O) groups is 2. The van der Waals surface area contributed by atoms with Crippen molar-refractivity contribution in [3.8, 4) is 0 Å². The summed E-state index contributed by atoms with van der Waals surface area (Å²) >= 11 is 5.78. The third kappa shape index (κ3) is 6.60.